The lowest BCUT2D eigenvalue weighted by molar-refractivity contribution is -0.140. The number of carbonyl (C=O) groups is 2. The van der Waals surface area contributed by atoms with Gasteiger partial charge in [-0.05, 0) is 48.0 Å². The average Bonchev–Trinajstić information content (AvgIpc) is 3.35. The van der Waals surface area contributed by atoms with Crippen molar-refractivity contribution in [2.45, 2.75) is 12.6 Å². The number of ketones is 1. The van der Waals surface area contributed by atoms with Crippen molar-refractivity contribution in [3.63, 3.8) is 0 Å². The van der Waals surface area contributed by atoms with E-state index in [2.05, 4.69) is 0 Å². The van der Waals surface area contributed by atoms with Gasteiger partial charge in [-0.15, -0.1) is 0 Å². The van der Waals surface area contributed by atoms with Crippen molar-refractivity contribution in [3.8, 4) is 5.75 Å². The number of furan rings is 1. The first-order valence-electron chi connectivity index (χ1n) is 9.31. The number of Topliss-reactive ketones (excluding diaryl/α,β-unsaturated/α-hetero) is 1. The molecule has 0 saturated carbocycles. The van der Waals surface area contributed by atoms with Crippen LogP contribution in [0.3, 0.4) is 0 Å². The van der Waals surface area contributed by atoms with E-state index in [4.69, 9.17) is 20.8 Å². The van der Waals surface area contributed by atoms with Crippen LogP contribution >= 0.6 is 11.6 Å². The summed E-state index contributed by atoms with van der Waals surface area (Å²) >= 11 is 6.14. The van der Waals surface area contributed by atoms with Crippen molar-refractivity contribution in [2.24, 2.45) is 0 Å². The molecule has 4 rings (SSSR count). The monoisotopic (exact) mass is 441 g/mol. The van der Waals surface area contributed by atoms with Gasteiger partial charge < -0.3 is 19.2 Å². The van der Waals surface area contributed by atoms with Gasteiger partial charge in [-0.25, -0.2) is 4.39 Å². The molecule has 0 unspecified atom stereocenters. The van der Waals surface area contributed by atoms with Gasteiger partial charge in [0.25, 0.3) is 11.7 Å². The molecule has 8 heteroatoms. The third-order valence-corrected chi connectivity index (χ3v) is 5.27. The van der Waals surface area contributed by atoms with Crippen molar-refractivity contribution < 1.29 is 28.2 Å². The fourth-order valence-corrected chi connectivity index (χ4v) is 3.80. The van der Waals surface area contributed by atoms with Crippen LogP contribution in [0.5, 0.6) is 5.75 Å². The molecule has 31 heavy (non-hydrogen) atoms. The Hall–Kier alpha value is -3.58. The van der Waals surface area contributed by atoms with Crippen LogP contribution in [0, 0.1) is 5.82 Å². The fraction of sp³-hybridized carbons (Fsp3) is 0.130. The molecule has 0 spiro atoms. The topological polar surface area (TPSA) is 80.0 Å². The van der Waals surface area contributed by atoms with Crippen LogP contribution in [0.25, 0.3) is 5.76 Å². The Morgan fingerprint density at radius 2 is 2.00 bits per heavy atom. The van der Waals surface area contributed by atoms with E-state index in [0.29, 0.717) is 16.3 Å². The molecular weight excluding hydrogens is 425 g/mol. The normalized spacial score (nSPS) is 17.9. The second-order valence-corrected chi connectivity index (χ2v) is 7.35. The highest BCUT2D eigenvalue weighted by Gasteiger charge is 2.46. The summed E-state index contributed by atoms with van der Waals surface area (Å²) in [7, 11) is 1.32. The Morgan fingerprint density at radius 3 is 2.65 bits per heavy atom. The number of carbonyl (C=O) groups excluding carboxylic acids is 2. The van der Waals surface area contributed by atoms with Gasteiger partial charge >= 0.3 is 0 Å². The number of benzene rings is 2. The second kappa shape index (κ2) is 8.28. The van der Waals surface area contributed by atoms with Crippen LogP contribution in [0.15, 0.2) is 70.9 Å². The van der Waals surface area contributed by atoms with Crippen molar-refractivity contribution in [1.29, 1.82) is 0 Å². The fourth-order valence-electron chi connectivity index (χ4n) is 3.61. The summed E-state index contributed by atoms with van der Waals surface area (Å²) in [5.74, 6) is -2.45. The standard InChI is InChI=1S/C23H17ClFNO5/c1-30-18-8-7-14(11-17(18)25)21(27)19-20(13-4-2-5-15(24)10-13)26(23(29)22(19)28)12-16-6-3-9-31-16/h2-11,20,27H,12H2,1H3/t20-/m0/s1. The SMILES string of the molecule is COc1ccc(C(O)=C2C(=O)C(=O)N(Cc3ccco3)[C@H]2c2cccc(Cl)c2)cc1F. The largest absolute Gasteiger partial charge is 0.507 e. The van der Waals surface area contributed by atoms with Crippen LogP contribution in [0.1, 0.15) is 22.9 Å². The quantitative estimate of drug-likeness (QED) is 0.352. The maximum atomic E-state index is 14.2. The van der Waals surface area contributed by atoms with Gasteiger partial charge in [0.2, 0.25) is 0 Å². The molecule has 1 atom stereocenters. The molecule has 1 amide bonds. The third kappa shape index (κ3) is 3.80. The van der Waals surface area contributed by atoms with Gasteiger partial charge in [0.15, 0.2) is 11.6 Å². The first-order chi connectivity index (χ1) is 14.9. The third-order valence-electron chi connectivity index (χ3n) is 5.04. The molecule has 1 aromatic heterocycles. The van der Waals surface area contributed by atoms with Gasteiger partial charge in [-0.1, -0.05) is 23.7 Å². The Kier molecular flexibility index (Phi) is 5.52. The molecule has 0 radical (unpaired) electrons. The molecular formula is C23H17ClFNO5. The lowest BCUT2D eigenvalue weighted by Gasteiger charge is -2.24. The zero-order chi connectivity index (χ0) is 22.1. The molecule has 0 aliphatic carbocycles. The molecule has 0 bridgehead atoms. The van der Waals surface area contributed by atoms with E-state index in [1.54, 1.807) is 36.4 Å². The van der Waals surface area contributed by atoms with Crippen LogP contribution in [0.2, 0.25) is 5.02 Å². The highest BCUT2D eigenvalue weighted by Crippen LogP contribution is 2.41. The number of hydrogen-bond acceptors (Lipinski definition) is 5. The van der Waals surface area contributed by atoms with Gasteiger partial charge in [0.05, 0.1) is 31.5 Å². The number of nitrogens with zero attached hydrogens (tertiary/aromatic N) is 1. The maximum absolute atomic E-state index is 14.2. The van der Waals surface area contributed by atoms with E-state index < -0.39 is 29.3 Å². The number of aliphatic hydroxyl groups excluding tert-OH is 1. The summed E-state index contributed by atoms with van der Waals surface area (Å²) in [6.45, 7) is 0.00249. The van der Waals surface area contributed by atoms with Gasteiger partial charge in [0, 0.05) is 10.6 Å². The summed E-state index contributed by atoms with van der Waals surface area (Å²) in [4.78, 5) is 27.1. The predicted octanol–water partition coefficient (Wildman–Crippen LogP) is 4.70. The molecule has 6 nitrogen and oxygen atoms in total. The number of hydrogen-bond donors (Lipinski definition) is 1. The number of ether oxygens (including phenoxy) is 1. The van der Waals surface area contributed by atoms with Crippen LogP contribution in [-0.2, 0) is 16.1 Å². The first-order valence-corrected chi connectivity index (χ1v) is 9.68. The minimum atomic E-state index is -0.936. The van der Waals surface area contributed by atoms with Crippen molar-refractivity contribution in [3.05, 3.63) is 94.2 Å². The number of aliphatic hydroxyl groups is 1. The van der Waals surface area contributed by atoms with Gasteiger partial charge in [-0.2, -0.15) is 0 Å². The zero-order valence-electron chi connectivity index (χ0n) is 16.3. The van der Waals surface area contributed by atoms with E-state index in [0.717, 1.165) is 6.07 Å². The number of rotatable bonds is 5. The number of amides is 1. The Bertz CT molecular complexity index is 1190. The van der Waals surface area contributed by atoms with E-state index >= 15 is 0 Å². The van der Waals surface area contributed by atoms with E-state index in [1.165, 1.54) is 30.4 Å². The summed E-state index contributed by atoms with van der Waals surface area (Å²) < 4.78 is 24.5. The molecule has 1 saturated heterocycles. The highest BCUT2D eigenvalue weighted by atomic mass is 35.5. The number of likely N-dealkylation sites (tertiary alicyclic amines) is 1. The molecule has 1 aliphatic rings. The summed E-state index contributed by atoms with van der Waals surface area (Å²) in [5.41, 5.74) is 0.401. The predicted molar refractivity (Wildman–Crippen MR) is 111 cm³/mol. The minimum Gasteiger partial charge on any atom is -0.507 e. The Labute approximate surface area is 182 Å². The van der Waals surface area contributed by atoms with Crippen molar-refractivity contribution >= 4 is 29.1 Å². The highest BCUT2D eigenvalue weighted by molar-refractivity contribution is 6.46. The van der Waals surface area contributed by atoms with Gasteiger partial charge in [0.1, 0.15) is 11.5 Å². The van der Waals surface area contributed by atoms with Crippen LogP contribution in [-0.4, -0.2) is 28.8 Å². The van der Waals surface area contributed by atoms with E-state index in [1.807, 2.05) is 0 Å². The molecule has 3 aromatic rings. The Balaban J connectivity index is 1.87. The van der Waals surface area contributed by atoms with Gasteiger partial charge in [-0.3, -0.25) is 9.59 Å². The minimum absolute atomic E-state index is 0.00249. The summed E-state index contributed by atoms with van der Waals surface area (Å²) in [6.07, 6.45) is 1.46. The smallest absolute Gasteiger partial charge is 0.296 e. The molecule has 1 fully saturated rings. The average molecular weight is 442 g/mol. The second-order valence-electron chi connectivity index (χ2n) is 6.91. The molecule has 1 aliphatic heterocycles. The first kappa shape index (κ1) is 20.7. The van der Waals surface area contributed by atoms with Crippen molar-refractivity contribution in [2.75, 3.05) is 7.11 Å². The summed E-state index contributed by atoms with van der Waals surface area (Å²) in [5, 5.41) is 11.4. The van der Waals surface area contributed by atoms with Crippen LogP contribution in [0.4, 0.5) is 4.39 Å². The lowest BCUT2D eigenvalue weighted by atomic mass is 9.95. The van der Waals surface area contributed by atoms with E-state index in [-0.39, 0.29) is 23.4 Å². The molecule has 2 heterocycles. The molecule has 158 valence electrons. The molecule has 1 N–H and O–H groups in total. The zero-order valence-corrected chi connectivity index (χ0v) is 17.1. The van der Waals surface area contributed by atoms with E-state index in [9.17, 15) is 19.1 Å². The number of methoxy groups -OCH3 is 1. The lowest BCUT2D eigenvalue weighted by Crippen LogP contribution is -2.29. The summed E-state index contributed by atoms with van der Waals surface area (Å²) in [6, 6.07) is 12.8. The maximum Gasteiger partial charge on any atom is 0.296 e. The Morgan fingerprint density at radius 1 is 1.19 bits per heavy atom. The number of halogens is 2. The molecule has 2 aromatic carbocycles. The van der Waals surface area contributed by atoms with Crippen LogP contribution < -0.4 is 4.74 Å². The van der Waals surface area contributed by atoms with Crippen molar-refractivity contribution in [1.82, 2.24) is 4.90 Å².